The zero-order valence-corrected chi connectivity index (χ0v) is 12.0. The molecule has 0 aliphatic carbocycles. The summed E-state index contributed by atoms with van der Waals surface area (Å²) in [7, 11) is 1.60. The fourth-order valence-electron chi connectivity index (χ4n) is 2.72. The fourth-order valence-corrected chi connectivity index (χ4v) is 2.72. The molecule has 1 aromatic rings. The van der Waals surface area contributed by atoms with Gasteiger partial charge in [-0.1, -0.05) is 25.0 Å². The SMILES string of the molecule is COc1cccc(C(=O)CN2CCCCCC2CO)c1. The molecular weight excluding hydrogens is 254 g/mol. The summed E-state index contributed by atoms with van der Waals surface area (Å²) >= 11 is 0. The molecule has 4 heteroatoms. The van der Waals surface area contributed by atoms with E-state index in [1.807, 2.05) is 18.2 Å². The first-order chi connectivity index (χ1) is 9.74. The smallest absolute Gasteiger partial charge is 0.176 e. The molecule has 0 spiro atoms. The number of rotatable bonds is 5. The molecule has 0 amide bonds. The monoisotopic (exact) mass is 277 g/mol. The number of aliphatic hydroxyl groups excluding tert-OH is 1. The number of ketones is 1. The minimum Gasteiger partial charge on any atom is -0.497 e. The Balaban J connectivity index is 2.04. The number of carbonyl (C=O) groups excluding carboxylic acids is 1. The Morgan fingerprint density at radius 1 is 1.40 bits per heavy atom. The van der Waals surface area contributed by atoms with Gasteiger partial charge in [0, 0.05) is 11.6 Å². The number of nitrogens with zero attached hydrogens (tertiary/aromatic N) is 1. The number of methoxy groups -OCH3 is 1. The molecule has 110 valence electrons. The minimum absolute atomic E-state index is 0.0873. The molecule has 1 aromatic carbocycles. The van der Waals surface area contributed by atoms with E-state index in [0.717, 1.165) is 25.8 Å². The first-order valence-electron chi connectivity index (χ1n) is 7.26. The van der Waals surface area contributed by atoms with Gasteiger partial charge in [-0.15, -0.1) is 0 Å². The predicted octanol–water partition coefficient (Wildman–Crippen LogP) is 2.11. The van der Waals surface area contributed by atoms with Crippen LogP contribution in [0.3, 0.4) is 0 Å². The first kappa shape index (κ1) is 15.0. The number of carbonyl (C=O) groups is 1. The van der Waals surface area contributed by atoms with Crippen LogP contribution in [0.4, 0.5) is 0 Å². The quantitative estimate of drug-likeness (QED) is 0.838. The van der Waals surface area contributed by atoms with Crippen LogP contribution in [0.1, 0.15) is 36.0 Å². The maximum Gasteiger partial charge on any atom is 0.176 e. The molecule has 1 heterocycles. The predicted molar refractivity (Wildman–Crippen MR) is 78.2 cm³/mol. The Morgan fingerprint density at radius 3 is 3.00 bits per heavy atom. The highest BCUT2D eigenvalue weighted by molar-refractivity contribution is 5.98. The third-order valence-corrected chi connectivity index (χ3v) is 3.95. The Bertz CT molecular complexity index is 447. The Morgan fingerprint density at radius 2 is 2.25 bits per heavy atom. The molecule has 0 saturated carbocycles. The zero-order valence-electron chi connectivity index (χ0n) is 12.0. The lowest BCUT2D eigenvalue weighted by atomic mass is 10.1. The third kappa shape index (κ3) is 3.81. The highest BCUT2D eigenvalue weighted by Crippen LogP contribution is 2.18. The fraction of sp³-hybridized carbons (Fsp3) is 0.562. The molecule has 0 bridgehead atoms. The van der Waals surface area contributed by atoms with Crippen LogP contribution in [0.5, 0.6) is 5.75 Å². The largest absolute Gasteiger partial charge is 0.497 e. The van der Waals surface area contributed by atoms with Crippen LogP contribution >= 0.6 is 0 Å². The number of likely N-dealkylation sites (tertiary alicyclic amines) is 1. The summed E-state index contributed by atoms with van der Waals surface area (Å²) in [4.78, 5) is 14.5. The Kier molecular flexibility index (Phi) is 5.56. The molecular formula is C16H23NO3. The van der Waals surface area contributed by atoms with Gasteiger partial charge in [-0.05, 0) is 31.5 Å². The number of hydrogen-bond donors (Lipinski definition) is 1. The Hall–Kier alpha value is -1.39. The van der Waals surface area contributed by atoms with Crippen molar-refractivity contribution in [2.24, 2.45) is 0 Å². The van der Waals surface area contributed by atoms with E-state index >= 15 is 0 Å². The lowest BCUT2D eigenvalue weighted by molar-refractivity contribution is 0.0826. The summed E-state index contributed by atoms with van der Waals surface area (Å²) in [5, 5.41) is 9.48. The minimum atomic E-state index is 0.0873. The average Bonchev–Trinajstić information content (AvgIpc) is 2.72. The van der Waals surface area contributed by atoms with E-state index in [-0.39, 0.29) is 18.4 Å². The lowest BCUT2D eigenvalue weighted by Gasteiger charge is -2.27. The number of aliphatic hydroxyl groups is 1. The van der Waals surface area contributed by atoms with E-state index in [1.54, 1.807) is 13.2 Å². The maximum atomic E-state index is 12.4. The third-order valence-electron chi connectivity index (χ3n) is 3.95. The van der Waals surface area contributed by atoms with Crippen molar-refractivity contribution in [2.75, 3.05) is 26.8 Å². The highest BCUT2D eigenvalue weighted by Gasteiger charge is 2.22. The summed E-state index contributed by atoms with van der Waals surface area (Å²) in [5.74, 6) is 0.787. The maximum absolute atomic E-state index is 12.4. The molecule has 0 aromatic heterocycles. The normalized spacial score (nSPS) is 20.4. The van der Waals surface area contributed by atoms with Crippen molar-refractivity contribution in [3.8, 4) is 5.75 Å². The van der Waals surface area contributed by atoms with Crippen molar-refractivity contribution in [3.63, 3.8) is 0 Å². The first-order valence-corrected chi connectivity index (χ1v) is 7.26. The molecule has 1 atom stereocenters. The Labute approximate surface area is 120 Å². The van der Waals surface area contributed by atoms with Crippen LogP contribution in [-0.4, -0.2) is 48.6 Å². The van der Waals surface area contributed by atoms with E-state index in [4.69, 9.17) is 4.74 Å². The van der Waals surface area contributed by atoms with Crippen LogP contribution in [0.2, 0.25) is 0 Å². The molecule has 1 aliphatic rings. The molecule has 1 saturated heterocycles. The standard InChI is InChI=1S/C16H23NO3/c1-20-15-8-5-6-13(10-15)16(19)11-17-9-4-2-3-7-14(17)12-18/h5-6,8,10,14,18H,2-4,7,9,11-12H2,1H3. The van der Waals surface area contributed by atoms with E-state index < -0.39 is 0 Å². The van der Waals surface area contributed by atoms with Gasteiger partial charge in [0.2, 0.25) is 0 Å². The van der Waals surface area contributed by atoms with Crippen LogP contribution in [0.15, 0.2) is 24.3 Å². The van der Waals surface area contributed by atoms with Gasteiger partial charge in [-0.25, -0.2) is 0 Å². The van der Waals surface area contributed by atoms with Gasteiger partial charge in [-0.2, -0.15) is 0 Å². The number of Topliss-reactive ketones (excluding diaryl/α,β-unsaturated/α-hetero) is 1. The van der Waals surface area contributed by atoms with Crippen molar-refractivity contribution in [1.29, 1.82) is 0 Å². The van der Waals surface area contributed by atoms with Crippen molar-refractivity contribution in [2.45, 2.75) is 31.7 Å². The number of ether oxygens (including phenoxy) is 1. The number of hydrogen-bond acceptors (Lipinski definition) is 4. The van der Waals surface area contributed by atoms with Crippen LogP contribution in [0, 0.1) is 0 Å². The summed E-state index contributed by atoms with van der Waals surface area (Å²) in [6.45, 7) is 1.39. The molecule has 1 N–H and O–H groups in total. The lowest BCUT2D eigenvalue weighted by Crippen LogP contribution is -2.40. The van der Waals surface area contributed by atoms with Gasteiger partial charge in [0.05, 0.1) is 20.3 Å². The highest BCUT2D eigenvalue weighted by atomic mass is 16.5. The van der Waals surface area contributed by atoms with Gasteiger partial charge in [0.1, 0.15) is 5.75 Å². The summed E-state index contributed by atoms with van der Waals surface area (Å²) < 4.78 is 5.15. The van der Waals surface area contributed by atoms with Gasteiger partial charge < -0.3 is 9.84 Å². The van der Waals surface area contributed by atoms with Gasteiger partial charge in [0.25, 0.3) is 0 Å². The molecule has 1 unspecified atom stereocenters. The van der Waals surface area contributed by atoms with Crippen LogP contribution < -0.4 is 4.74 Å². The van der Waals surface area contributed by atoms with Crippen LogP contribution in [-0.2, 0) is 0 Å². The molecule has 1 fully saturated rings. The van der Waals surface area contributed by atoms with Crippen molar-refractivity contribution < 1.29 is 14.6 Å². The number of benzene rings is 1. The second-order valence-corrected chi connectivity index (χ2v) is 5.31. The summed E-state index contributed by atoms with van der Waals surface area (Å²) in [6.07, 6.45) is 4.39. The van der Waals surface area contributed by atoms with Crippen molar-refractivity contribution in [1.82, 2.24) is 4.90 Å². The molecule has 4 nitrogen and oxygen atoms in total. The summed E-state index contributed by atoms with van der Waals surface area (Å²) in [6, 6.07) is 7.37. The molecule has 2 rings (SSSR count). The van der Waals surface area contributed by atoms with Crippen LogP contribution in [0.25, 0.3) is 0 Å². The summed E-state index contributed by atoms with van der Waals surface area (Å²) in [5.41, 5.74) is 0.672. The zero-order chi connectivity index (χ0) is 14.4. The van der Waals surface area contributed by atoms with E-state index in [2.05, 4.69) is 4.90 Å². The van der Waals surface area contributed by atoms with Crippen molar-refractivity contribution in [3.05, 3.63) is 29.8 Å². The second-order valence-electron chi connectivity index (χ2n) is 5.31. The van der Waals surface area contributed by atoms with E-state index in [9.17, 15) is 9.90 Å². The molecule has 20 heavy (non-hydrogen) atoms. The van der Waals surface area contributed by atoms with Gasteiger partial charge in [0.15, 0.2) is 5.78 Å². The van der Waals surface area contributed by atoms with E-state index in [1.165, 1.54) is 6.42 Å². The topological polar surface area (TPSA) is 49.8 Å². The molecule has 1 aliphatic heterocycles. The van der Waals surface area contributed by atoms with Crippen molar-refractivity contribution >= 4 is 5.78 Å². The van der Waals surface area contributed by atoms with E-state index in [0.29, 0.717) is 17.9 Å². The second kappa shape index (κ2) is 7.41. The average molecular weight is 277 g/mol. The van der Waals surface area contributed by atoms with Gasteiger partial charge in [-0.3, -0.25) is 9.69 Å². The molecule has 0 radical (unpaired) electrons. The van der Waals surface area contributed by atoms with Gasteiger partial charge >= 0.3 is 0 Å².